The van der Waals surface area contributed by atoms with Gasteiger partial charge in [0.2, 0.25) is 0 Å². The van der Waals surface area contributed by atoms with Gasteiger partial charge in [-0.05, 0) is 30.7 Å². The minimum atomic E-state index is -0.500. The molecule has 0 amide bonds. The fourth-order valence-electron chi connectivity index (χ4n) is 1.85. The molecule has 1 aromatic carbocycles. The normalized spacial score (nSPS) is 10.7. The number of unbranched alkanes of at least 4 members (excludes halogenated alkanes) is 2. The summed E-state index contributed by atoms with van der Waals surface area (Å²) in [6.07, 6.45) is 6.27. The lowest BCUT2D eigenvalue weighted by Crippen LogP contribution is -1.97. The average Bonchev–Trinajstić information content (AvgIpc) is 2.44. The highest BCUT2D eigenvalue weighted by molar-refractivity contribution is 5.94. The molecule has 0 unspecified atom stereocenters. The summed E-state index contributed by atoms with van der Waals surface area (Å²) in [5, 5.41) is 11.1. The fourth-order valence-corrected chi connectivity index (χ4v) is 1.85. The molecule has 0 bridgehead atoms. The Labute approximate surface area is 118 Å². The van der Waals surface area contributed by atoms with Crippen molar-refractivity contribution in [2.24, 2.45) is 0 Å². The Morgan fingerprint density at radius 2 is 2.15 bits per heavy atom. The number of ketones is 1. The van der Waals surface area contributed by atoms with Crippen molar-refractivity contribution < 1.29 is 14.5 Å². The third-order valence-corrected chi connectivity index (χ3v) is 2.91. The predicted octanol–water partition coefficient (Wildman–Crippen LogP) is 3.77. The molecule has 108 valence electrons. The summed E-state index contributed by atoms with van der Waals surface area (Å²) in [7, 11) is 1.38. The van der Waals surface area contributed by atoms with Crippen LogP contribution in [0.5, 0.6) is 5.75 Å². The minimum absolute atomic E-state index is 0.0180. The standard InChI is InChI=1S/C15H19NO4/c1-3-4-5-8-13(17)11-10-12-7-6-9-14(20-2)15(12)16(18)19/h6-7,9-11H,3-5,8H2,1-2H3/b11-10+. The van der Waals surface area contributed by atoms with E-state index in [4.69, 9.17) is 4.74 Å². The number of hydrogen-bond donors (Lipinski definition) is 0. The Kier molecular flexibility index (Phi) is 6.43. The van der Waals surface area contributed by atoms with Crippen molar-refractivity contribution in [1.29, 1.82) is 0 Å². The van der Waals surface area contributed by atoms with Gasteiger partial charge in [-0.1, -0.05) is 25.8 Å². The third kappa shape index (κ3) is 4.50. The van der Waals surface area contributed by atoms with Gasteiger partial charge in [-0.3, -0.25) is 14.9 Å². The molecule has 0 aliphatic carbocycles. The summed E-state index contributed by atoms with van der Waals surface area (Å²) in [5.41, 5.74) is 0.255. The first-order valence-electron chi connectivity index (χ1n) is 6.62. The van der Waals surface area contributed by atoms with Gasteiger partial charge in [-0.25, -0.2) is 0 Å². The van der Waals surface area contributed by atoms with E-state index in [1.807, 2.05) is 0 Å². The molecule has 0 N–H and O–H groups in total. The highest BCUT2D eigenvalue weighted by Crippen LogP contribution is 2.31. The van der Waals surface area contributed by atoms with Crippen molar-refractivity contribution in [3.05, 3.63) is 40.0 Å². The van der Waals surface area contributed by atoms with E-state index in [2.05, 4.69) is 6.92 Å². The Hall–Kier alpha value is -2.17. The summed E-state index contributed by atoms with van der Waals surface area (Å²) in [6, 6.07) is 4.78. The molecule has 1 rings (SSSR count). The van der Waals surface area contributed by atoms with Crippen LogP contribution >= 0.6 is 0 Å². The Morgan fingerprint density at radius 3 is 2.75 bits per heavy atom. The van der Waals surface area contributed by atoms with Gasteiger partial charge in [-0.15, -0.1) is 0 Å². The summed E-state index contributed by atoms with van der Waals surface area (Å²) in [6.45, 7) is 2.07. The zero-order valence-corrected chi connectivity index (χ0v) is 11.8. The summed E-state index contributed by atoms with van der Waals surface area (Å²) in [4.78, 5) is 22.2. The quantitative estimate of drug-likeness (QED) is 0.314. The van der Waals surface area contributed by atoms with Gasteiger partial charge >= 0.3 is 5.69 Å². The largest absolute Gasteiger partial charge is 0.490 e. The molecule has 0 atom stereocenters. The van der Waals surface area contributed by atoms with E-state index >= 15 is 0 Å². The number of nitro benzene ring substituents is 1. The zero-order valence-electron chi connectivity index (χ0n) is 11.8. The molecule has 5 nitrogen and oxygen atoms in total. The van der Waals surface area contributed by atoms with E-state index in [1.54, 1.807) is 12.1 Å². The number of ether oxygens (including phenoxy) is 1. The molecular weight excluding hydrogens is 258 g/mol. The average molecular weight is 277 g/mol. The fraction of sp³-hybridized carbons (Fsp3) is 0.400. The highest BCUT2D eigenvalue weighted by atomic mass is 16.6. The van der Waals surface area contributed by atoms with Crippen molar-refractivity contribution in [2.75, 3.05) is 7.11 Å². The lowest BCUT2D eigenvalue weighted by Gasteiger charge is -2.03. The van der Waals surface area contributed by atoms with E-state index in [-0.39, 0.29) is 17.2 Å². The molecule has 0 heterocycles. The van der Waals surface area contributed by atoms with Crippen LogP contribution in [0.1, 0.15) is 38.2 Å². The van der Waals surface area contributed by atoms with Crippen molar-refractivity contribution in [1.82, 2.24) is 0 Å². The predicted molar refractivity (Wildman–Crippen MR) is 77.8 cm³/mol. The summed E-state index contributed by atoms with van der Waals surface area (Å²) < 4.78 is 4.97. The summed E-state index contributed by atoms with van der Waals surface area (Å²) in [5.74, 6) is 0.172. The lowest BCUT2D eigenvalue weighted by atomic mass is 10.1. The molecule has 0 spiro atoms. The molecule has 0 aromatic heterocycles. The first kappa shape index (κ1) is 15.9. The minimum Gasteiger partial charge on any atom is -0.490 e. The SMILES string of the molecule is CCCCCC(=O)/C=C/c1cccc(OC)c1[N+](=O)[O-]. The van der Waals surface area contributed by atoms with Crippen LogP contribution in [-0.4, -0.2) is 17.8 Å². The van der Waals surface area contributed by atoms with Gasteiger partial charge in [0, 0.05) is 6.42 Å². The second kappa shape index (κ2) is 8.09. The monoisotopic (exact) mass is 277 g/mol. The van der Waals surface area contributed by atoms with E-state index in [1.165, 1.54) is 25.3 Å². The molecule has 0 fully saturated rings. The Bertz CT molecular complexity index is 509. The smallest absolute Gasteiger partial charge is 0.318 e. The first-order valence-corrected chi connectivity index (χ1v) is 6.62. The van der Waals surface area contributed by atoms with Crippen molar-refractivity contribution in [3.63, 3.8) is 0 Å². The molecule has 0 aliphatic heterocycles. The van der Waals surface area contributed by atoms with Crippen LogP contribution in [0, 0.1) is 10.1 Å². The molecule has 0 aliphatic rings. The number of para-hydroxylation sites is 1. The molecule has 0 saturated carbocycles. The summed E-state index contributed by atoms with van der Waals surface area (Å²) >= 11 is 0. The Balaban J connectivity index is 2.86. The number of hydrogen-bond acceptors (Lipinski definition) is 4. The highest BCUT2D eigenvalue weighted by Gasteiger charge is 2.18. The van der Waals surface area contributed by atoms with Crippen molar-refractivity contribution in [3.8, 4) is 5.75 Å². The Morgan fingerprint density at radius 1 is 1.40 bits per heavy atom. The number of allylic oxidation sites excluding steroid dienone is 1. The van der Waals surface area contributed by atoms with Gasteiger partial charge in [0.15, 0.2) is 11.5 Å². The number of nitro groups is 1. The first-order chi connectivity index (χ1) is 9.60. The van der Waals surface area contributed by atoms with Gasteiger partial charge in [-0.2, -0.15) is 0 Å². The maximum atomic E-state index is 11.6. The number of carbonyl (C=O) groups is 1. The second-order valence-corrected chi connectivity index (χ2v) is 4.41. The maximum absolute atomic E-state index is 11.6. The second-order valence-electron chi connectivity index (χ2n) is 4.41. The molecular formula is C15H19NO4. The number of nitrogens with zero attached hydrogens (tertiary/aromatic N) is 1. The van der Waals surface area contributed by atoms with Crippen LogP contribution in [-0.2, 0) is 4.79 Å². The van der Waals surface area contributed by atoms with E-state index in [0.717, 1.165) is 19.3 Å². The van der Waals surface area contributed by atoms with Gasteiger partial charge < -0.3 is 4.74 Å². The third-order valence-electron chi connectivity index (χ3n) is 2.91. The number of rotatable bonds is 8. The molecule has 20 heavy (non-hydrogen) atoms. The molecule has 1 aromatic rings. The van der Waals surface area contributed by atoms with E-state index in [9.17, 15) is 14.9 Å². The topological polar surface area (TPSA) is 69.4 Å². The van der Waals surface area contributed by atoms with Crippen molar-refractivity contribution in [2.45, 2.75) is 32.6 Å². The zero-order chi connectivity index (χ0) is 15.0. The maximum Gasteiger partial charge on any atom is 0.318 e. The van der Waals surface area contributed by atoms with E-state index in [0.29, 0.717) is 12.0 Å². The molecule has 5 heteroatoms. The van der Waals surface area contributed by atoms with Crippen LogP contribution in [0.15, 0.2) is 24.3 Å². The van der Waals surface area contributed by atoms with Crippen LogP contribution in [0.4, 0.5) is 5.69 Å². The van der Waals surface area contributed by atoms with Crippen LogP contribution < -0.4 is 4.74 Å². The van der Waals surface area contributed by atoms with Crippen LogP contribution in [0.2, 0.25) is 0 Å². The molecule has 0 radical (unpaired) electrons. The van der Waals surface area contributed by atoms with Crippen LogP contribution in [0.3, 0.4) is 0 Å². The lowest BCUT2D eigenvalue weighted by molar-refractivity contribution is -0.386. The van der Waals surface area contributed by atoms with Gasteiger partial charge in [0.25, 0.3) is 0 Å². The van der Waals surface area contributed by atoms with Gasteiger partial charge in [0.05, 0.1) is 17.6 Å². The molecule has 0 saturated heterocycles. The van der Waals surface area contributed by atoms with Gasteiger partial charge in [0.1, 0.15) is 0 Å². The van der Waals surface area contributed by atoms with Crippen molar-refractivity contribution >= 4 is 17.5 Å². The number of benzene rings is 1. The van der Waals surface area contributed by atoms with E-state index < -0.39 is 4.92 Å². The number of methoxy groups -OCH3 is 1. The van der Waals surface area contributed by atoms with Crippen LogP contribution in [0.25, 0.3) is 6.08 Å². The number of carbonyl (C=O) groups excluding carboxylic acids is 1.